The number of H-pyrrole nitrogens is 1. The summed E-state index contributed by atoms with van der Waals surface area (Å²) in [7, 11) is 5.62. The van der Waals surface area contributed by atoms with Crippen LogP contribution in [0.4, 0.5) is 11.5 Å². The third-order valence-electron chi connectivity index (χ3n) is 1.99. The van der Waals surface area contributed by atoms with Gasteiger partial charge in [-0.1, -0.05) is 5.46 Å². The SMILES string of the molecule is [B]c1cc(N=O)cc2c(N)nc(=O)[nH]c12. The molecule has 0 unspecified atom stereocenters. The van der Waals surface area contributed by atoms with Crippen molar-refractivity contribution in [2.24, 2.45) is 5.18 Å². The van der Waals surface area contributed by atoms with E-state index < -0.39 is 5.69 Å². The maximum atomic E-state index is 11.0. The number of benzene rings is 1. The van der Waals surface area contributed by atoms with Crippen molar-refractivity contribution in [1.29, 1.82) is 0 Å². The predicted molar refractivity (Wildman–Crippen MR) is 57.6 cm³/mol. The molecule has 0 aliphatic rings. The molecule has 0 amide bonds. The molecule has 3 N–H and O–H groups in total. The second kappa shape index (κ2) is 3.20. The minimum atomic E-state index is -0.585. The van der Waals surface area contributed by atoms with Crippen LogP contribution in [-0.2, 0) is 0 Å². The van der Waals surface area contributed by atoms with Crippen molar-refractivity contribution in [1.82, 2.24) is 9.97 Å². The molecule has 1 heterocycles. The third kappa shape index (κ3) is 1.47. The zero-order valence-corrected chi connectivity index (χ0v) is 7.52. The summed E-state index contributed by atoms with van der Waals surface area (Å²) in [5.41, 5.74) is 5.66. The monoisotopic (exact) mass is 200 g/mol. The fourth-order valence-corrected chi connectivity index (χ4v) is 1.35. The number of nitrogen functional groups attached to an aromatic ring is 1. The molecule has 0 atom stereocenters. The van der Waals surface area contributed by atoms with Crippen LogP contribution >= 0.6 is 0 Å². The molecule has 6 nitrogen and oxygen atoms in total. The zero-order valence-electron chi connectivity index (χ0n) is 7.52. The van der Waals surface area contributed by atoms with Gasteiger partial charge in [0.05, 0.1) is 0 Å². The first-order chi connectivity index (χ1) is 7.11. The molecule has 0 bridgehead atoms. The van der Waals surface area contributed by atoms with Gasteiger partial charge in [-0.3, -0.25) is 0 Å². The van der Waals surface area contributed by atoms with Gasteiger partial charge in [-0.05, 0) is 17.3 Å². The molecule has 1 aromatic heterocycles. The van der Waals surface area contributed by atoms with Crippen LogP contribution in [0, 0.1) is 4.91 Å². The number of nitrogens with zero attached hydrogens (tertiary/aromatic N) is 2. The van der Waals surface area contributed by atoms with Crippen molar-refractivity contribution in [3.05, 3.63) is 27.5 Å². The average molecular weight is 200 g/mol. The topological polar surface area (TPSA) is 101 Å². The standard InChI is InChI=1S/C8H5BN4O2/c9-5-2-3(13-15)1-4-6(5)11-8(14)12-7(4)10/h1-2H,(H3,10,11,12,14). The summed E-state index contributed by atoms with van der Waals surface area (Å²) in [6, 6.07) is 2.77. The number of hydrogen-bond donors (Lipinski definition) is 2. The molecule has 0 saturated carbocycles. The quantitative estimate of drug-likeness (QED) is 0.487. The number of nitrogens with two attached hydrogens (primary N) is 1. The molecule has 72 valence electrons. The van der Waals surface area contributed by atoms with Gasteiger partial charge in [0.1, 0.15) is 19.4 Å². The number of nitrogens with one attached hydrogen (secondary N) is 1. The fourth-order valence-electron chi connectivity index (χ4n) is 1.35. The number of anilines is 1. The summed E-state index contributed by atoms with van der Waals surface area (Å²) in [4.78, 5) is 27.3. The van der Waals surface area contributed by atoms with Crippen molar-refractivity contribution in [2.45, 2.75) is 0 Å². The number of nitroso groups, excluding NO2 is 1. The molecule has 0 aliphatic carbocycles. The first-order valence-corrected chi connectivity index (χ1v) is 4.04. The second-order valence-electron chi connectivity index (χ2n) is 2.98. The number of aromatic nitrogens is 2. The molecule has 0 fully saturated rings. The molecule has 2 radical (unpaired) electrons. The summed E-state index contributed by atoms with van der Waals surface area (Å²) < 4.78 is 0. The summed E-state index contributed by atoms with van der Waals surface area (Å²) in [5, 5.41) is 3.15. The van der Waals surface area contributed by atoms with Crippen molar-refractivity contribution >= 4 is 35.7 Å². The number of rotatable bonds is 1. The van der Waals surface area contributed by atoms with Gasteiger partial charge in [0, 0.05) is 10.9 Å². The van der Waals surface area contributed by atoms with Crippen LogP contribution in [0.15, 0.2) is 22.1 Å². The van der Waals surface area contributed by atoms with Crippen LogP contribution in [0.25, 0.3) is 10.9 Å². The largest absolute Gasteiger partial charge is 0.383 e. The van der Waals surface area contributed by atoms with E-state index in [-0.39, 0.29) is 17.0 Å². The molecule has 15 heavy (non-hydrogen) atoms. The Morgan fingerprint density at radius 1 is 1.47 bits per heavy atom. The summed E-state index contributed by atoms with van der Waals surface area (Å²) in [6.45, 7) is 0. The van der Waals surface area contributed by atoms with Crippen molar-refractivity contribution in [3.63, 3.8) is 0 Å². The summed E-state index contributed by atoms with van der Waals surface area (Å²) >= 11 is 0. The van der Waals surface area contributed by atoms with Gasteiger partial charge in [-0.2, -0.15) is 4.98 Å². The highest BCUT2D eigenvalue weighted by Gasteiger charge is 2.06. The average Bonchev–Trinajstić information content (AvgIpc) is 2.19. The molecule has 7 heteroatoms. The molecule has 0 aliphatic heterocycles. The molecule has 0 spiro atoms. The Kier molecular flexibility index (Phi) is 2.00. The van der Waals surface area contributed by atoms with E-state index in [2.05, 4.69) is 15.1 Å². The lowest BCUT2D eigenvalue weighted by molar-refractivity contribution is 1.13. The highest BCUT2D eigenvalue weighted by atomic mass is 16.3. The van der Waals surface area contributed by atoms with E-state index >= 15 is 0 Å². The zero-order chi connectivity index (χ0) is 11.0. The molecule has 2 aromatic rings. The first-order valence-electron chi connectivity index (χ1n) is 4.04. The Hall–Kier alpha value is -2.18. The number of hydrogen-bond acceptors (Lipinski definition) is 5. The van der Waals surface area contributed by atoms with Gasteiger partial charge in [0.25, 0.3) is 0 Å². The van der Waals surface area contributed by atoms with E-state index in [0.29, 0.717) is 10.9 Å². The van der Waals surface area contributed by atoms with Crippen LogP contribution < -0.4 is 16.9 Å². The summed E-state index contributed by atoms with van der Waals surface area (Å²) in [6.07, 6.45) is 0. The summed E-state index contributed by atoms with van der Waals surface area (Å²) in [5.74, 6) is 0.0194. The third-order valence-corrected chi connectivity index (χ3v) is 1.99. The van der Waals surface area contributed by atoms with Crippen LogP contribution in [-0.4, -0.2) is 17.8 Å². The predicted octanol–water partition coefficient (Wildman–Crippen LogP) is -0.303. The minimum absolute atomic E-state index is 0.0194. The fraction of sp³-hybridized carbons (Fsp3) is 0. The Balaban J connectivity index is 2.97. The van der Waals surface area contributed by atoms with E-state index in [1.54, 1.807) is 0 Å². The van der Waals surface area contributed by atoms with Crippen LogP contribution in [0.5, 0.6) is 0 Å². The molecular formula is C8H5BN4O2. The minimum Gasteiger partial charge on any atom is -0.383 e. The Labute approximate surface area is 84.9 Å². The highest BCUT2D eigenvalue weighted by molar-refractivity contribution is 6.38. The van der Waals surface area contributed by atoms with Crippen LogP contribution in [0.3, 0.4) is 0 Å². The van der Waals surface area contributed by atoms with E-state index in [1.165, 1.54) is 12.1 Å². The lowest BCUT2D eigenvalue weighted by Crippen LogP contribution is -2.17. The van der Waals surface area contributed by atoms with Gasteiger partial charge in [-0.25, -0.2) is 4.79 Å². The van der Waals surface area contributed by atoms with Crippen LogP contribution in [0.1, 0.15) is 0 Å². The maximum absolute atomic E-state index is 11.0. The van der Waals surface area contributed by atoms with Gasteiger partial charge >= 0.3 is 5.69 Å². The maximum Gasteiger partial charge on any atom is 0.347 e. The Morgan fingerprint density at radius 3 is 2.87 bits per heavy atom. The van der Waals surface area contributed by atoms with Gasteiger partial charge < -0.3 is 10.7 Å². The highest BCUT2D eigenvalue weighted by Crippen LogP contribution is 2.19. The lowest BCUT2D eigenvalue weighted by atomic mass is 9.93. The van der Waals surface area contributed by atoms with Crippen molar-refractivity contribution in [2.75, 3.05) is 5.73 Å². The Morgan fingerprint density at radius 2 is 2.20 bits per heavy atom. The van der Waals surface area contributed by atoms with Crippen molar-refractivity contribution < 1.29 is 0 Å². The lowest BCUT2D eigenvalue weighted by Gasteiger charge is -2.04. The molecule has 0 saturated heterocycles. The van der Waals surface area contributed by atoms with E-state index in [0.717, 1.165) is 0 Å². The molecule has 1 aromatic carbocycles. The van der Waals surface area contributed by atoms with E-state index in [4.69, 9.17) is 13.6 Å². The van der Waals surface area contributed by atoms with Crippen molar-refractivity contribution in [3.8, 4) is 0 Å². The van der Waals surface area contributed by atoms with Gasteiger partial charge in [-0.15, -0.1) is 4.91 Å². The van der Waals surface area contributed by atoms with E-state index in [9.17, 15) is 9.70 Å². The van der Waals surface area contributed by atoms with Gasteiger partial charge in [0.15, 0.2) is 0 Å². The first kappa shape index (κ1) is 9.38. The Bertz CT molecular complexity index is 607. The van der Waals surface area contributed by atoms with Gasteiger partial charge in [0.2, 0.25) is 0 Å². The molecule has 2 rings (SSSR count). The smallest absolute Gasteiger partial charge is 0.347 e. The normalized spacial score (nSPS) is 10.4. The number of aromatic amines is 1. The number of fused-ring (bicyclic) bond motifs is 1. The van der Waals surface area contributed by atoms with Crippen LogP contribution in [0.2, 0.25) is 0 Å². The molecular weight excluding hydrogens is 195 g/mol. The second-order valence-corrected chi connectivity index (χ2v) is 2.98. The van der Waals surface area contributed by atoms with E-state index in [1.807, 2.05) is 0 Å².